The molecule has 0 aliphatic heterocycles. The second-order valence-corrected chi connectivity index (χ2v) is 6.82. The summed E-state index contributed by atoms with van der Waals surface area (Å²) in [5.41, 5.74) is 8.79. The highest BCUT2D eigenvalue weighted by Crippen LogP contribution is 2.41. The van der Waals surface area contributed by atoms with E-state index in [0.717, 1.165) is 11.7 Å². The second kappa shape index (κ2) is 6.64. The summed E-state index contributed by atoms with van der Waals surface area (Å²) in [6, 6.07) is 0. The van der Waals surface area contributed by atoms with Gasteiger partial charge < -0.3 is 5.73 Å². The normalized spacial score (nSPS) is 23.4. The van der Waals surface area contributed by atoms with Crippen LogP contribution in [0.1, 0.15) is 88.8 Å². The van der Waals surface area contributed by atoms with Gasteiger partial charge in [-0.2, -0.15) is 5.10 Å². The van der Waals surface area contributed by atoms with Gasteiger partial charge in [-0.15, -0.1) is 0 Å². The highest BCUT2D eigenvalue weighted by Gasteiger charge is 2.28. The summed E-state index contributed by atoms with van der Waals surface area (Å²) in [6.07, 6.45) is 9.48. The smallest absolute Gasteiger partial charge is 0.125 e. The average molecular weight is 277 g/mol. The predicted molar refractivity (Wildman–Crippen MR) is 85.9 cm³/mol. The summed E-state index contributed by atoms with van der Waals surface area (Å²) in [7, 11) is 1.97. The average Bonchev–Trinajstić information content (AvgIpc) is 2.73. The van der Waals surface area contributed by atoms with Gasteiger partial charge in [-0.25, -0.2) is 0 Å². The van der Waals surface area contributed by atoms with Gasteiger partial charge in [0.2, 0.25) is 0 Å². The minimum Gasteiger partial charge on any atom is -0.384 e. The number of aryl methyl sites for hydroxylation is 1. The molecule has 114 valence electrons. The Morgan fingerprint density at radius 3 is 2.45 bits per heavy atom. The van der Waals surface area contributed by atoms with Crippen molar-refractivity contribution in [2.24, 2.45) is 13.0 Å². The largest absolute Gasteiger partial charge is 0.384 e. The number of unbranched alkanes of at least 4 members (excludes halogenated alkanes) is 1. The van der Waals surface area contributed by atoms with Crippen molar-refractivity contribution in [3.05, 3.63) is 11.3 Å². The molecular formula is C17H31N3. The molecule has 20 heavy (non-hydrogen) atoms. The van der Waals surface area contributed by atoms with Crippen LogP contribution in [0.25, 0.3) is 0 Å². The monoisotopic (exact) mass is 277 g/mol. The van der Waals surface area contributed by atoms with Crippen molar-refractivity contribution < 1.29 is 0 Å². The van der Waals surface area contributed by atoms with Gasteiger partial charge in [-0.1, -0.05) is 40.0 Å². The van der Waals surface area contributed by atoms with Crippen LogP contribution >= 0.6 is 0 Å². The number of nitrogens with two attached hydrogens (primary N) is 1. The van der Waals surface area contributed by atoms with Crippen molar-refractivity contribution in [2.75, 3.05) is 5.73 Å². The Hall–Kier alpha value is -0.990. The van der Waals surface area contributed by atoms with Crippen LogP contribution in [0, 0.1) is 5.92 Å². The maximum Gasteiger partial charge on any atom is 0.125 e. The zero-order valence-corrected chi connectivity index (χ0v) is 13.7. The molecule has 0 unspecified atom stereocenters. The van der Waals surface area contributed by atoms with E-state index in [0.29, 0.717) is 11.8 Å². The molecular weight excluding hydrogens is 246 g/mol. The maximum atomic E-state index is 6.20. The maximum absolute atomic E-state index is 6.20. The van der Waals surface area contributed by atoms with Crippen molar-refractivity contribution in [3.63, 3.8) is 0 Å². The van der Waals surface area contributed by atoms with Crippen molar-refractivity contribution in [1.82, 2.24) is 9.78 Å². The Morgan fingerprint density at radius 2 is 1.90 bits per heavy atom. The molecule has 1 aromatic rings. The molecule has 0 spiro atoms. The minimum absolute atomic E-state index is 0.469. The molecule has 1 heterocycles. The number of hydrogen-bond donors (Lipinski definition) is 1. The summed E-state index contributed by atoms with van der Waals surface area (Å²) in [5.74, 6) is 2.92. The number of hydrogen-bond acceptors (Lipinski definition) is 2. The second-order valence-electron chi connectivity index (χ2n) is 6.82. The third-order valence-corrected chi connectivity index (χ3v) is 4.94. The highest BCUT2D eigenvalue weighted by atomic mass is 15.3. The SMILES string of the molecule is CCCCC1CCC(c2nn(C)c(N)c2C(C)C)CC1. The van der Waals surface area contributed by atoms with Gasteiger partial charge >= 0.3 is 0 Å². The first-order valence-electron chi connectivity index (χ1n) is 8.36. The lowest BCUT2D eigenvalue weighted by molar-refractivity contribution is 0.300. The molecule has 0 amide bonds. The zero-order chi connectivity index (χ0) is 14.7. The lowest BCUT2D eigenvalue weighted by Crippen LogP contribution is -2.15. The first-order chi connectivity index (χ1) is 9.54. The first kappa shape index (κ1) is 15.4. The van der Waals surface area contributed by atoms with Crippen molar-refractivity contribution in [3.8, 4) is 0 Å². The third kappa shape index (κ3) is 3.18. The van der Waals surface area contributed by atoms with Crippen LogP contribution < -0.4 is 5.73 Å². The van der Waals surface area contributed by atoms with Crippen LogP contribution in [0.2, 0.25) is 0 Å². The van der Waals surface area contributed by atoms with E-state index < -0.39 is 0 Å². The quantitative estimate of drug-likeness (QED) is 0.855. The molecule has 0 saturated heterocycles. The van der Waals surface area contributed by atoms with Crippen LogP contribution in [-0.2, 0) is 7.05 Å². The molecule has 1 aromatic heterocycles. The van der Waals surface area contributed by atoms with Crippen LogP contribution in [-0.4, -0.2) is 9.78 Å². The molecule has 3 nitrogen and oxygen atoms in total. The Balaban J connectivity index is 2.05. The predicted octanol–water partition coefficient (Wildman–Crippen LogP) is 4.59. The van der Waals surface area contributed by atoms with Crippen molar-refractivity contribution in [2.45, 2.75) is 77.6 Å². The molecule has 1 aliphatic carbocycles. The van der Waals surface area contributed by atoms with Crippen molar-refractivity contribution in [1.29, 1.82) is 0 Å². The topological polar surface area (TPSA) is 43.8 Å². The van der Waals surface area contributed by atoms with E-state index in [2.05, 4.69) is 20.8 Å². The van der Waals surface area contributed by atoms with Crippen LogP contribution in [0.5, 0.6) is 0 Å². The number of nitrogen functional groups attached to an aromatic ring is 1. The molecule has 2 rings (SSSR count). The zero-order valence-electron chi connectivity index (χ0n) is 13.7. The van der Waals surface area contributed by atoms with Crippen LogP contribution in [0.15, 0.2) is 0 Å². The molecule has 0 bridgehead atoms. The fourth-order valence-electron chi connectivity index (χ4n) is 3.69. The number of anilines is 1. The molecule has 1 saturated carbocycles. The van der Waals surface area contributed by atoms with Gasteiger partial charge in [0.25, 0.3) is 0 Å². The number of rotatable bonds is 5. The van der Waals surface area contributed by atoms with Gasteiger partial charge in [-0.3, -0.25) is 4.68 Å². The fourth-order valence-corrected chi connectivity index (χ4v) is 3.69. The van der Waals surface area contributed by atoms with Crippen LogP contribution in [0.4, 0.5) is 5.82 Å². The van der Waals surface area contributed by atoms with E-state index in [9.17, 15) is 0 Å². The van der Waals surface area contributed by atoms with E-state index >= 15 is 0 Å². The van der Waals surface area contributed by atoms with Crippen LogP contribution in [0.3, 0.4) is 0 Å². The lowest BCUT2D eigenvalue weighted by Gasteiger charge is -2.28. The van der Waals surface area contributed by atoms with Gasteiger partial charge in [0, 0.05) is 18.5 Å². The van der Waals surface area contributed by atoms with E-state index in [1.807, 2.05) is 11.7 Å². The van der Waals surface area contributed by atoms with E-state index in [-0.39, 0.29) is 0 Å². The standard InChI is InChI=1S/C17H31N3/c1-5-6-7-13-8-10-14(11-9-13)16-15(12(2)3)17(18)20(4)19-16/h12-14H,5-11,18H2,1-4H3. The molecule has 0 radical (unpaired) electrons. The van der Waals surface area contributed by atoms with E-state index in [1.165, 1.54) is 56.2 Å². The first-order valence-corrected chi connectivity index (χ1v) is 8.36. The molecule has 2 N–H and O–H groups in total. The Kier molecular flexibility index (Phi) is 5.11. The summed E-state index contributed by atoms with van der Waals surface area (Å²) in [6.45, 7) is 6.74. The molecule has 1 aliphatic rings. The third-order valence-electron chi connectivity index (χ3n) is 4.94. The summed E-state index contributed by atoms with van der Waals surface area (Å²) >= 11 is 0. The minimum atomic E-state index is 0.469. The summed E-state index contributed by atoms with van der Waals surface area (Å²) in [5, 5.41) is 4.73. The van der Waals surface area contributed by atoms with Gasteiger partial charge in [0.15, 0.2) is 0 Å². The van der Waals surface area contributed by atoms with E-state index in [1.54, 1.807) is 0 Å². The molecule has 0 atom stereocenters. The fraction of sp³-hybridized carbons (Fsp3) is 0.824. The Bertz CT molecular complexity index is 426. The van der Waals surface area contributed by atoms with Gasteiger partial charge in [0.05, 0.1) is 5.69 Å². The Labute approximate surface area is 123 Å². The molecule has 3 heteroatoms. The summed E-state index contributed by atoms with van der Waals surface area (Å²) in [4.78, 5) is 0. The van der Waals surface area contributed by atoms with Gasteiger partial charge in [-0.05, 0) is 37.5 Å². The summed E-state index contributed by atoms with van der Waals surface area (Å²) < 4.78 is 1.87. The lowest BCUT2D eigenvalue weighted by atomic mass is 9.77. The highest BCUT2D eigenvalue weighted by molar-refractivity contribution is 5.46. The van der Waals surface area contributed by atoms with Gasteiger partial charge in [0.1, 0.15) is 5.82 Å². The Morgan fingerprint density at radius 1 is 1.25 bits per heavy atom. The molecule has 0 aromatic carbocycles. The molecule has 1 fully saturated rings. The van der Waals surface area contributed by atoms with E-state index in [4.69, 9.17) is 10.8 Å². The number of aromatic nitrogens is 2. The van der Waals surface area contributed by atoms with Crippen molar-refractivity contribution >= 4 is 5.82 Å². The number of nitrogens with zero attached hydrogens (tertiary/aromatic N) is 2.